The molecule has 0 spiro atoms. The number of carbonyl (C=O) groups excluding carboxylic acids is 1. The smallest absolute Gasteiger partial charge is 0.274 e. The number of hydrogen-bond acceptors (Lipinski definition) is 9. The number of benzene rings is 2. The molecule has 2 aliphatic rings. The third kappa shape index (κ3) is 11.2. The Labute approximate surface area is 311 Å². The number of fused-ring (bicyclic) bond motifs is 1. The minimum atomic E-state index is -0.465. The summed E-state index contributed by atoms with van der Waals surface area (Å²) in [5, 5.41) is 9.38. The molecule has 10 nitrogen and oxygen atoms in total. The molecule has 6 rings (SSSR count). The van der Waals surface area contributed by atoms with Crippen molar-refractivity contribution in [3.63, 3.8) is 0 Å². The zero-order chi connectivity index (χ0) is 37.8. The van der Waals surface area contributed by atoms with Crippen molar-refractivity contribution in [2.45, 2.75) is 99.1 Å². The zero-order valence-corrected chi connectivity index (χ0v) is 32.4. The molecule has 280 valence electrons. The van der Waals surface area contributed by atoms with Crippen LogP contribution in [0.15, 0.2) is 48.7 Å². The molecule has 1 unspecified atom stereocenters. The van der Waals surface area contributed by atoms with Gasteiger partial charge < -0.3 is 24.5 Å². The molecule has 0 bridgehead atoms. The Kier molecular flexibility index (Phi) is 14.9. The van der Waals surface area contributed by atoms with Gasteiger partial charge in [0.05, 0.1) is 52.3 Å². The average molecular weight is 733 g/mol. The van der Waals surface area contributed by atoms with Gasteiger partial charge in [-0.3, -0.25) is 9.69 Å². The van der Waals surface area contributed by atoms with E-state index in [0.717, 1.165) is 67.3 Å². The van der Waals surface area contributed by atoms with Crippen LogP contribution in [0.3, 0.4) is 0 Å². The Morgan fingerprint density at radius 3 is 2.60 bits per heavy atom. The fourth-order valence-electron chi connectivity index (χ4n) is 5.40. The number of thiazole rings is 1. The van der Waals surface area contributed by atoms with E-state index in [1.807, 2.05) is 32.0 Å². The van der Waals surface area contributed by atoms with E-state index < -0.39 is 11.7 Å². The topological polar surface area (TPSA) is 129 Å². The van der Waals surface area contributed by atoms with Crippen LogP contribution in [0.4, 0.5) is 4.39 Å². The molecular weight excluding hydrogens is 680 g/mol. The normalized spacial score (nSPS) is 15.8. The van der Waals surface area contributed by atoms with Crippen LogP contribution in [-0.2, 0) is 29.2 Å². The fourth-order valence-corrected chi connectivity index (χ4v) is 6.24. The number of amides is 1. The molecule has 1 amide bonds. The van der Waals surface area contributed by atoms with Crippen LogP contribution in [0.5, 0.6) is 5.19 Å². The van der Waals surface area contributed by atoms with Crippen LogP contribution in [0, 0.1) is 23.1 Å². The monoisotopic (exact) mass is 732 g/mol. The first-order valence-electron chi connectivity index (χ1n) is 18.2. The third-order valence-electron chi connectivity index (χ3n) is 8.94. The van der Waals surface area contributed by atoms with E-state index in [2.05, 4.69) is 55.1 Å². The highest BCUT2D eigenvalue weighted by Gasteiger charge is 2.24. The number of primary amides is 1. The van der Waals surface area contributed by atoms with Gasteiger partial charge in [0, 0.05) is 43.6 Å². The lowest BCUT2D eigenvalue weighted by atomic mass is 10.1. The van der Waals surface area contributed by atoms with E-state index in [4.69, 9.17) is 30.2 Å². The van der Waals surface area contributed by atoms with Gasteiger partial charge in [0.1, 0.15) is 18.2 Å². The molecule has 1 saturated heterocycles. The number of aromatic nitrogens is 3. The van der Waals surface area contributed by atoms with Gasteiger partial charge in [-0.05, 0) is 74.9 Å². The van der Waals surface area contributed by atoms with Crippen molar-refractivity contribution in [1.82, 2.24) is 19.4 Å². The number of hydrogen-bond donors (Lipinski definition) is 1. The lowest BCUT2D eigenvalue weighted by Gasteiger charge is -2.29. The number of nitrogens with zero attached hydrogens (tertiary/aromatic N) is 5. The quantitative estimate of drug-likeness (QED) is 0.146. The summed E-state index contributed by atoms with van der Waals surface area (Å²) in [4.78, 5) is 24.4. The van der Waals surface area contributed by atoms with Gasteiger partial charge in [-0.25, -0.2) is 14.4 Å². The van der Waals surface area contributed by atoms with Crippen LogP contribution in [0.1, 0.15) is 99.9 Å². The van der Waals surface area contributed by atoms with Gasteiger partial charge in [0.25, 0.3) is 5.19 Å². The third-order valence-corrected chi connectivity index (χ3v) is 9.93. The molecule has 0 saturated carbocycles. The second-order valence-electron chi connectivity index (χ2n) is 13.7. The summed E-state index contributed by atoms with van der Waals surface area (Å²) in [5.74, 6) is 0.661. The summed E-state index contributed by atoms with van der Waals surface area (Å²) in [6.45, 7) is 19.4. The maximum atomic E-state index is 14.2. The molecule has 2 N–H and O–H groups in total. The molecule has 52 heavy (non-hydrogen) atoms. The Balaban J connectivity index is 0.000000438. The number of carbonyl (C=O) groups is 1. The van der Waals surface area contributed by atoms with E-state index >= 15 is 0 Å². The lowest BCUT2D eigenvalue weighted by molar-refractivity contribution is -0.0591. The number of halogens is 1. The Morgan fingerprint density at radius 2 is 2.00 bits per heavy atom. The van der Waals surface area contributed by atoms with Gasteiger partial charge in [-0.1, -0.05) is 58.1 Å². The second-order valence-corrected chi connectivity index (χ2v) is 14.7. The summed E-state index contributed by atoms with van der Waals surface area (Å²) in [6, 6.07) is 11.7. The van der Waals surface area contributed by atoms with Crippen molar-refractivity contribution < 1.29 is 23.4 Å². The van der Waals surface area contributed by atoms with Crippen molar-refractivity contribution in [2.75, 3.05) is 26.3 Å². The molecule has 2 aliphatic heterocycles. The van der Waals surface area contributed by atoms with Crippen LogP contribution in [0.2, 0.25) is 0 Å². The summed E-state index contributed by atoms with van der Waals surface area (Å²) in [7, 11) is 0. The highest BCUT2D eigenvalue weighted by atomic mass is 32.1. The molecule has 2 aromatic heterocycles. The summed E-state index contributed by atoms with van der Waals surface area (Å²) < 4.78 is 33.4. The number of nitriles is 1. The highest BCUT2D eigenvalue weighted by Crippen LogP contribution is 2.32. The standard InChI is InChI=1S/C29H27FN6O3S.C9H20O.C2H6/c30-23-11-18(13-31)1-2-21(23)17-39-29-33-14-26(40-29)19-5-8-35(9-6-19)16-27-34-24-4-3-20(28(32)37)12-25(24)36(27)15-22-7-10-38-22;1-6-9(4,5)10-7-8(2)3;1-2/h1-5,11-12,14,22H,6-10,15-17H2,(H2,32,37);8H,6-7H2,1-5H3;1-2H3. The predicted molar refractivity (Wildman–Crippen MR) is 205 cm³/mol. The predicted octanol–water partition coefficient (Wildman–Crippen LogP) is 8.13. The van der Waals surface area contributed by atoms with E-state index in [0.29, 0.717) is 35.3 Å². The number of rotatable bonds is 13. The molecule has 1 fully saturated rings. The van der Waals surface area contributed by atoms with Gasteiger partial charge in [0.2, 0.25) is 5.91 Å². The number of ether oxygens (including phenoxy) is 3. The van der Waals surface area contributed by atoms with Crippen molar-refractivity contribution in [2.24, 2.45) is 11.7 Å². The fraction of sp³-hybridized carbons (Fsp3) is 0.500. The van der Waals surface area contributed by atoms with E-state index in [1.54, 1.807) is 24.4 Å². The van der Waals surface area contributed by atoms with E-state index in [9.17, 15) is 9.18 Å². The number of nitrogens with two attached hydrogens (primary N) is 1. The van der Waals surface area contributed by atoms with Gasteiger partial charge in [-0.2, -0.15) is 5.26 Å². The highest BCUT2D eigenvalue weighted by molar-refractivity contribution is 7.14. The first kappa shape index (κ1) is 40.6. The average Bonchev–Trinajstić information content (AvgIpc) is 3.74. The minimum absolute atomic E-state index is 0.0468. The van der Waals surface area contributed by atoms with Crippen molar-refractivity contribution >= 4 is 33.9 Å². The lowest BCUT2D eigenvalue weighted by Crippen LogP contribution is -2.33. The van der Waals surface area contributed by atoms with Gasteiger partial charge in [0.15, 0.2) is 0 Å². The van der Waals surface area contributed by atoms with Gasteiger partial charge in [-0.15, -0.1) is 0 Å². The maximum absolute atomic E-state index is 14.2. The number of imidazole rings is 1. The van der Waals surface area contributed by atoms with Crippen LogP contribution in [0.25, 0.3) is 16.6 Å². The van der Waals surface area contributed by atoms with Crippen molar-refractivity contribution in [1.29, 1.82) is 5.26 Å². The molecule has 0 aliphatic carbocycles. The van der Waals surface area contributed by atoms with E-state index in [-0.39, 0.29) is 23.9 Å². The molecule has 0 radical (unpaired) electrons. The zero-order valence-electron chi connectivity index (χ0n) is 31.6. The largest absolute Gasteiger partial charge is 0.465 e. The van der Waals surface area contributed by atoms with Crippen molar-refractivity contribution in [3.05, 3.63) is 81.9 Å². The Hall–Kier alpha value is -4.15. The summed E-state index contributed by atoms with van der Waals surface area (Å²) in [5.41, 5.74) is 9.66. The van der Waals surface area contributed by atoms with E-state index in [1.165, 1.54) is 23.0 Å². The molecular formula is C40H53FN6O4S. The first-order chi connectivity index (χ1) is 24.9. The second kappa shape index (κ2) is 19.1. The maximum Gasteiger partial charge on any atom is 0.274 e. The summed E-state index contributed by atoms with van der Waals surface area (Å²) in [6.07, 6.45) is 7.09. The molecule has 4 heterocycles. The molecule has 4 aromatic rings. The van der Waals surface area contributed by atoms with Crippen LogP contribution in [-0.4, -0.2) is 63.4 Å². The van der Waals surface area contributed by atoms with Crippen molar-refractivity contribution in [3.8, 4) is 11.3 Å². The Bertz CT molecular complexity index is 1860. The van der Waals surface area contributed by atoms with Crippen LogP contribution >= 0.6 is 11.3 Å². The molecule has 1 atom stereocenters. The first-order valence-corrected chi connectivity index (χ1v) is 19.0. The SMILES string of the molecule is CC.CCC(C)(C)OCC(C)C.N#Cc1ccc(COc2ncc(C3=CCN(Cc4nc5ccc(C(N)=O)cc5n4CC4CCO4)CC3)s2)c(F)c1. The minimum Gasteiger partial charge on any atom is -0.465 e. The van der Waals surface area contributed by atoms with Crippen LogP contribution < -0.4 is 10.5 Å². The Morgan fingerprint density at radius 1 is 1.23 bits per heavy atom. The summed E-state index contributed by atoms with van der Waals surface area (Å²) >= 11 is 1.44. The molecule has 2 aromatic carbocycles. The van der Waals surface area contributed by atoms with Gasteiger partial charge >= 0.3 is 0 Å². The molecule has 12 heteroatoms.